The SMILES string of the molecule is CC(O)(c1ccc(Br)cc1)c1ccccn1. The smallest absolute Gasteiger partial charge is 0.129 e. The Morgan fingerprint density at radius 3 is 2.38 bits per heavy atom. The molecule has 0 saturated heterocycles. The minimum absolute atomic E-state index is 0.650. The van der Waals surface area contributed by atoms with E-state index >= 15 is 0 Å². The molecule has 0 aliphatic rings. The van der Waals surface area contributed by atoms with Crippen LogP contribution in [0.5, 0.6) is 0 Å². The Labute approximate surface area is 103 Å². The van der Waals surface area contributed by atoms with E-state index in [2.05, 4.69) is 20.9 Å². The van der Waals surface area contributed by atoms with Crippen molar-refractivity contribution in [1.82, 2.24) is 4.98 Å². The van der Waals surface area contributed by atoms with Gasteiger partial charge in [-0.05, 0) is 36.8 Å². The first kappa shape index (κ1) is 11.3. The predicted octanol–water partition coefficient (Wildman–Crippen LogP) is 3.10. The molecule has 3 heteroatoms. The molecule has 1 N–H and O–H groups in total. The Kier molecular flexibility index (Phi) is 3.08. The van der Waals surface area contributed by atoms with Crippen LogP contribution in [0, 0.1) is 0 Å². The maximum Gasteiger partial charge on any atom is 0.129 e. The van der Waals surface area contributed by atoms with E-state index in [1.807, 2.05) is 42.5 Å². The number of hydrogen-bond donors (Lipinski definition) is 1. The number of benzene rings is 1. The van der Waals surface area contributed by atoms with Gasteiger partial charge in [0.1, 0.15) is 5.60 Å². The molecule has 0 amide bonds. The zero-order valence-electron chi connectivity index (χ0n) is 8.89. The van der Waals surface area contributed by atoms with Crippen molar-refractivity contribution in [2.75, 3.05) is 0 Å². The molecule has 1 atom stereocenters. The van der Waals surface area contributed by atoms with E-state index in [0.29, 0.717) is 5.69 Å². The molecule has 0 aliphatic carbocycles. The Morgan fingerprint density at radius 1 is 1.12 bits per heavy atom. The van der Waals surface area contributed by atoms with Crippen molar-refractivity contribution < 1.29 is 5.11 Å². The molecular weight excluding hydrogens is 266 g/mol. The van der Waals surface area contributed by atoms with Crippen molar-refractivity contribution in [2.45, 2.75) is 12.5 Å². The third-order valence-corrected chi connectivity index (χ3v) is 3.10. The molecule has 0 aliphatic heterocycles. The number of halogens is 1. The van der Waals surface area contributed by atoms with Crippen LogP contribution < -0.4 is 0 Å². The van der Waals surface area contributed by atoms with Crippen LogP contribution >= 0.6 is 15.9 Å². The van der Waals surface area contributed by atoms with Crippen LogP contribution in [0.4, 0.5) is 0 Å². The van der Waals surface area contributed by atoms with Crippen LogP contribution in [-0.4, -0.2) is 10.1 Å². The lowest BCUT2D eigenvalue weighted by Crippen LogP contribution is -2.23. The average molecular weight is 278 g/mol. The van der Waals surface area contributed by atoms with Crippen molar-refractivity contribution in [3.63, 3.8) is 0 Å². The number of hydrogen-bond acceptors (Lipinski definition) is 2. The van der Waals surface area contributed by atoms with Gasteiger partial charge in [0.05, 0.1) is 5.69 Å². The predicted molar refractivity (Wildman–Crippen MR) is 67.1 cm³/mol. The molecule has 1 aromatic carbocycles. The van der Waals surface area contributed by atoms with Crippen molar-refractivity contribution in [3.05, 3.63) is 64.4 Å². The number of nitrogens with zero attached hydrogens (tertiary/aromatic N) is 1. The third-order valence-electron chi connectivity index (χ3n) is 2.57. The second-order valence-corrected chi connectivity index (χ2v) is 4.71. The first-order chi connectivity index (χ1) is 7.60. The fraction of sp³-hybridized carbons (Fsp3) is 0.154. The summed E-state index contributed by atoms with van der Waals surface area (Å²) in [6.07, 6.45) is 1.68. The van der Waals surface area contributed by atoms with Gasteiger partial charge in [0.15, 0.2) is 0 Å². The van der Waals surface area contributed by atoms with Crippen molar-refractivity contribution in [1.29, 1.82) is 0 Å². The van der Waals surface area contributed by atoms with Gasteiger partial charge in [-0.1, -0.05) is 34.1 Å². The highest BCUT2D eigenvalue weighted by Crippen LogP contribution is 2.28. The molecule has 0 radical (unpaired) electrons. The molecule has 2 aromatic rings. The van der Waals surface area contributed by atoms with Crippen LogP contribution in [0.15, 0.2) is 53.1 Å². The molecule has 0 saturated carbocycles. The summed E-state index contributed by atoms with van der Waals surface area (Å²) in [6, 6.07) is 13.1. The molecule has 0 fully saturated rings. The van der Waals surface area contributed by atoms with Crippen molar-refractivity contribution in [3.8, 4) is 0 Å². The zero-order valence-corrected chi connectivity index (χ0v) is 10.5. The van der Waals surface area contributed by atoms with E-state index in [1.54, 1.807) is 13.1 Å². The van der Waals surface area contributed by atoms with Crippen LogP contribution in [0.2, 0.25) is 0 Å². The largest absolute Gasteiger partial charge is 0.379 e. The minimum Gasteiger partial charge on any atom is -0.379 e. The van der Waals surface area contributed by atoms with Crippen LogP contribution in [0.1, 0.15) is 18.2 Å². The summed E-state index contributed by atoms with van der Waals surface area (Å²) in [5, 5.41) is 10.5. The van der Waals surface area contributed by atoms with Gasteiger partial charge in [0.2, 0.25) is 0 Å². The average Bonchev–Trinajstić information content (AvgIpc) is 2.31. The third kappa shape index (κ3) is 2.15. The van der Waals surface area contributed by atoms with Crippen LogP contribution in [0.25, 0.3) is 0 Å². The standard InChI is InChI=1S/C13H12BrNO/c1-13(16,12-4-2-3-9-15-12)10-5-7-11(14)8-6-10/h2-9,16H,1H3. The number of pyridine rings is 1. The normalized spacial score (nSPS) is 14.4. The maximum atomic E-state index is 10.5. The molecule has 2 rings (SSSR count). The molecule has 1 aromatic heterocycles. The van der Waals surface area contributed by atoms with Crippen molar-refractivity contribution >= 4 is 15.9 Å². The fourth-order valence-electron chi connectivity index (χ4n) is 1.57. The Bertz CT molecular complexity index is 465. The minimum atomic E-state index is -1.05. The Hall–Kier alpha value is -1.19. The Morgan fingerprint density at radius 2 is 1.81 bits per heavy atom. The number of rotatable bonds is 2. The molecule has 2 nitrogen and oxygen atoms in total. The Balaban J connectivity index is 2.43. The summed E-state index contributed by atoms with van der Waals surface area (Å²) < 4.78 is 0.994. The maximum absolute atomic E-state index is 10.5. The summed E-state index contributed by atoms with van der Waals surface area (Å²) in [5.41, 5.74) is 0.425. The summed E-state index contributed by atoms with van der Waals surface area (Å²) in [7, 11) is 0. The second-order valence-electron chi connectivity index (χ2n) is 3.79. The molecule has 0 spiro atoms. The quantitative estimate of drug-likeness (QED) is 0.915. The summed E-state index contributed by atoms with van der Waals surface area (Å²) >= 11 is 3.37. The molecule has 82 valence electrons. The second kappa shape index (κ2) is 4.36. The lowest BCUT2D eigenvalue weighted by molar-refractivity contribution is 0.0974. The summed E-state index contributed by atoms with van der Waals surface area (Å²) in [4.78, 5) is 4.19. The molecule has 16 heavy (non-hydrogen) atoms. The molecule has 0 bridgehead atoms. The number of aliphatic hydroxyl groups is 1. The molecular formula is C13H12BrNO. The van der Waals surface area contributed by atoms with Gasteiger partial charge >= 0.3 is 0 Å². The first-order valence-electron chi connectivity index (χ1n) is 5.00. The highest BCUT2D eigenvalue weighted by atomic mass is 79.9. The van der Waals surface area contributed by atoms with Crippen LogP contribution in [-0.2, 0) is 5.60 Å². The van der Waals surface area contributed by atoms with Crippen LogP contribution in [0.3, 0.4) is 0 Å². The van der Waals surface area contributed by atoms with E-state index in [4.69, 9.17) is 0 Å². The van der Waals surface area contributed by atoms with Gasteiger partial charge in [-0.2, -0.15) is 0 Å². The highest BCUT2D eigenvalue weighted by molar-refractivity contribution is 9.10. The topological polar surface area (TPSA) is 33.1 Å². The summed E-state index contributed by atoms with van der Waals surface area (Å²) in [6.45, 7) is 1.75. The van der Waals surface area contributed by atoms with E-state index in [0.717, 1.165) is 10.0 Å². The van der Waals surface area contributed by atoms with E-state index in [-0.39, 0.29) is 0 Å². The van der Waals surface area contributed by atoms with Gasteiger partial charge in [0.25, 0.3) is 0 Å². The summed E-state index contributed by atoms with van der Waals surface area (Å²) in [5.74, 6) is 0. The lowest BCUT2D eigenvalue weighted by atomic mass is 9.92. The first-order valence-corrected chi connectivity index (χ1v) is 5.80. The van der Waals surface area contributed by atoms with Gasteiger partial charge < -0.3 is 5.11 Å². The molecule has 1 unspecified atom stereocenters. The molecule has 1 heterocycles. The van der Waals surface area contributed by atoms with E-state index in [9.17, 15) is 5.11 Å². The van der Waals surface area contributed by atoms with Gasteiger partial charge in [-0.25, -0.2) is 0 Å². The van der Waals surface area contributed by atoms with Gasteiger partial charge in [-0.3, -0.25) is 4.98 Å². The lowest BCUT2D eigenvalue weighted by Gasteiger charge is -2.23. The van der Waals surface area contributed by atoms with E-state index < -0.39 is 5.60 Å². The van der Waals surface area contributed by atoms with E-state index in [1.165, 1.54) is 0 Å². The highest BCUT2D eigenvalue weighted by Gasteiger charge is 2.26. The number of aromatic nitrogens is 1. The zero-order chi connectivity index (χ0) is 11.6. The monoisotopic (exact) mass is 277 g/mol. The van der Waals surface area contributed by atoms with Gasteiger partial charge in [0, 0.05) is 10.7 Å². The fourth-order valence-corrected chi connectivity index (χ4v) is 1.84. The van der Waals surface area contributed by atoms with Gasteiger partial charge in [-0.15, -0.1) is 0 Å². The van der Waals surface area contributed by atoms with Crippen molar-refractivity contribution in [2.24, 2.45) is 0 Å².